The van der Waals surface area contributed by atoms with Crippen LogP contribution in [-0.2, 0) is 7.05 Å². The first-order valence-corrected chi connectivity index (χ1v) is 8.20. The Balaban J connectivity index is 1.84. The van der Waals surface area contributed by atoms with Crippen molar-refractivity contribution in [2.24, 2.45) is 7.05 Å². The maximum Gasteiger partial charge on any atom is 0.229 e. The lowest BCUT2D eigenvalue weighted by molar-refractivity contribution is 0.780. The van der Waals surface area contributed by atoms with Gasteiger partial charge in [0, 0.05) is 37.1 Å². The molecule has 3 aromatic rings. The molecule has 3 rings (SSSR count). The van der Waals surface area contributed by atoms with Crippen molar-refractivity contribution in [3.8, 4) is 0 Å². The number of halogens is 1. The molecule has 0 bridgehead atoms. The van der Waals surface area contributed by atoms with Crippen LogP contribution in [0.2, 0.25) is 0 Å². The molecule has 22 heavy (non-hydrogen) atoms. The molecule has 1 aromatic carbocycles. The summed E-state index contributed by atoms with van der Waals surface area (Å²) in [5.74, 6) is 1.44. The maximum absolute atomic E-state index is 4.52. The predicted octanol–water partition coefficient (Wildman–Crippen LogP) is 3.53. The van der Waals surface area contributed by atoms with E-state index in [1.54, 1.807) is 0 Å². The molecule has 0 saturated carbocycles. The van der Waals surface area contributed by atoms with Crippen LogP contribution in [-0.4, -0.2) is 26.3 Å². The summed E-state index contributed by atoms with van der Waals surface area (Å²) < 4.78 is 2.82. The smallest absolute Gasteiger partial charge is 0.229 e. The van der Waals surface area contributed by atoms with Gasteiger partial charge >= 0.3 is 0 Å². The van der Waals surface area contributed by atoms with Crippen LogP contribution >= 0.6 is 22.6 Å². The molecule has 2 aromatic heterocycles. The SMILES string of the molecule is CCCNc1nc(Nc2ccc3cn(C)nc3c2)ncc1I. The summed E-state index contributed by atoms with van der Waals surface area (Å²) in [6.45, 7) is 3.02. The summed E-state index contributed by atoms with van der Waals surface area (Å²) in [5.41, 5.74) is 1.87. The van der Waals surface area contributed by atoms with Crippen molar-refractivity contribution in [3.05, 3.63) is 34.2 Å². The fourth-order valence-corrected chi connectivity index (χ4v) is 2.59. The number of fused-ring (bicyclic) bond motifs is 1. The highest BCUT2D eigenvalue weighted by Crippen LogP contribution is 2.22. The van der Waals surface area contributed by atoms with Gasteiger partial charge in [-0.15, -0.1) is 0 Å². The molecule has 0 spiro atoms. The molecule has 0 aliphatic carbocycles. The highest BCUT2D eigenvalue weighted by Gasteiger charge is 2.06. The lowest BCUT2D eigenvalue weighted by atomic mass is 10.2. The van der Waals surface area contributed by atoms with E-state index in [0.717, 1.165) is 38.9 Å². The Morgan fingerprint density at radius 3 is 3.00 bits per heavy atom. The van der Waals surface area contributed by atoms with Gasteiger partial charge in [0.2, 0.25) is 5.95 Å². The Morgan fingerprint density at radius 2 is 2.18 bits per heavy atom. The van der Waals surface area contributed by atoms with Crippen LogP contribution < -0.4 is 10.6 Å². The van der Waals surface area contributed by atoms with Gasteiger partial charge in [0.1, 0.15) is 5.82 Å². The van der Waals surface area contributed by atoms with Crippen LogP contribution in [0.4, 0.5) is 17.5 Å². The van der Waals surface area contributed by atoms with E-state index in [1.807, 2.05) is 42.3 Å². The minimum Gasteiger partial charge on any atom is -0.369 e. The van der Waals surface area contributed by atoms with Gasteiger partial charge in [-0.2, -0.15) is 10.1 Å². The van der Waals surface area contributed by atoms with Crippen LogP contribution in [0.15, 0.2) is 30.6 Å². The Labute approximate surface area is 142 Å². The van der Waals surface area contributed by atoms with Gasteiger partial charge in [0.25, 0.3) is 0 Å². The Kier molecular flexibility index (Phi) is 4.41. The highest BCUT2D eigenvalue weighted by molar-refractivity contribution is 14.1. The molecule has 0 unspecified atom stereocenters. The van der Waals surface area contributed by atoms with Crippen molar-refractivity contribution in [2.75, 3.05) is 17.2 Å². The summed E-state index contributed by atoms with van der Waals surface area (Å²) in [5, 5.41) is 12.1. The van der Waals surface area contributed by atoms with Crippen molar-refractivity contribution in [1.82, 2.24) is 19.7 Å². The fraction of sp³-hybridized carbons (Fsp3) is 0.267. The van der Waals surface area contributed by atoms with E-state index in [0.29, 0.717) is 5.95 Å². The quantitative estimate of drug-likeness (QED) is 0.633. The third-order valence-electron chi connectivity index (χ3n) is 3.16. The summed E-state index contributed by atoms with van der Waals surface area (Å²) in [6, 6.07) is 6.04. The molecule has 6 nitrogen and oxygen atoms in total. The molecule has 0 fully saturated rings. The number of aryl methyl sites for hydroxylation is 1. The van der Waals surface area contributed by atoms with Crippen LogP contribution in [0.5, 0.6) is 0 Å². The molecular formula is C15H17IN6. The van der Waals surface area contributed by atoms with E-state index >= 15 is 0 Å². The number of anilines is 3. The minimum atomic E-state index is 0.578. The van der Waals surface area contributed by atoms with Crippen molar-refractivity contribution in [3.63, 3.8) is 0 Å². The molecular weight excluding hydrogens is 391 g/mol. The van der Waals surface area contributed by atoms with Gasteiger partial charge in [-0.05, 0) is 47.2 Å². The van der Waals surface area contributed by atoms with Crippen LogP contribution in [0.1, 0.15) is 13.3 Å². The van der Waals surface area contributed by atoms with Gasteiger partial charge < -0.3 is 10.6 Å². The third-order valence-corrected chi connectivity index (χ3v) is 3.95. The average Bonchev–Trinajstić information content (AvgIpc) is 2.87. The molecule has 2 heterocycles. The zero-order valence-electron chi connectivity index (χ0n) is 12.5. The lowest BCUT2D eigenvalue weighted by Gasteiger charge is -2.09. The summed E-state index contributed by atoms with van der Waals surface area (Å²) >= 11 is 2.23. The molecule has 0 aliphatic rings. The zero-order chi connectivity index (χ0) is 15.5. The van der Waals surface area contributed by atoms with E-state index in [9.17, 15) is 0 Å². The van der Waals surface area contributed by atoms with Gasteiger partial charge in [0.05, 0.1) is 9.09 Å². The van der Waals surface area contributed by atoms with Gasteiger partial charge in [-0.3, -0.25) is 4.68 Å². The Hall–Kier alpha value is -1.90. The summed E-state index contributed by atoms with van der Waals surface area (Å²) in [6.07, 6.45) is 4.86. The average molecular weight is 408 g/mol. The normalized spacial score (nSPS) is 10.9. The highest BCUT2D eigenvalue weighted by atomic mass is 127. The molecule has 7 heteroatoms. The number of hydrogen-bond acceptors (Lipinski definition) is 5. The molecule has 0 amide bonds. The van der Waals surface area contributed by atoms with E-state index in [-0.39, 0.29) is 0 Å². The first-order valence-electron chi connectivity index (χ1n) is 7.12. The fourth-order valence-electron chi connectivity index (χ4n) is 2.14. The minimum absolute atomic E-state index is 0.578. The second kappa shape index (κ2) is 6.47. The Morgan fingerprint density at radius 1 is 1.32 bits per heavy atom. The maximum atomic E-state index is 4.52. The second-order valence-electron chi connectivity index (χ2n) is 5.02. The largest absolute Gasteiger partial charge is 0.369 e. The molecule has 0 radical (unpaired) electrons. The van der Waals surface area contributed by atoms with Crippen LogP contribution in [0, 0.1) is 3.57 Å². The van der Waals surface area contributed by atoms with Gasteiger partial charge in [0.15, 0.2) is 0 Å². The number of benzene rings is 1. The summed E-state index contributed by atoms with van der Waals surface area (Å²) in [4.78, 5) is 8.86. The standard InChI is InChI=1S/C15H17IN6/c1-3-6-17-14-12(16)8-18-15(20-14)19-11-5-4-10-9-22(2)21-13(10)7-11/h4-5,7-9H,3,6H2,1-2H3,(H2,17,18,19,20). The molecule has 114 valence electrons. The van der Waals surface area contributed by atoms with Crippen molar-refractivity contribution >= 4 is 50.9 Å². The van der Waals surface area contributed by atoms with E-state index in [1.165, 1.54) is 0 Å². The Bertz CT molecular complexity index is 798. The first kappa shape index (κ1) is 15.0. The molecule has 0 aliphatic heterocycles. The summed E-state index contributed by atoms with van der Waals surface area (Å²) in [7, 11) is 1.92. The van der Waals surface area contributed by atoms with E-state index < -0.39 is 0 Å². The van der Waals surface area contributed by atoms with E-state index in [4.69, 9.17) is 0 Å². The van der Waals surface area contributed by atoms with Crippen molar-refractivity contribution < 1.29 is 0 Å². The molecule has 2 N–H and O–H groups in total. The van der Waals surface area contributed by atoms with Crippen LogP contribution in [0.25, 0.3) is 10.9 Å². The third kappa shape index (κ3) is 3.29. The van der Waals surface area contributed by atoms with Crippen molar-refractivity contribution in [2.45, 2.75) is 13.3 Å². The van der Waals surface area contributed by atoms with Gasteiger partial charge in [-0.25, -0.2) is 4.98 Å². The van der Waals surface area contributed by atoms with E-state index in [2.05, 4.69) is 55.2 Å². The number of rotatable bonds is 5. The number of aromatic nitrogens is 4. The number of nitrogens with one attached hydrogen (secondary N) is 2. The predicted molar refractivity (Wildman–Crippen MR) is 97.5 cm³/mol. The second-order valence-corrected chi connectivity index (χ2v) is 6.18. The first-order chi connectivity index (χ1) is 10.7. The van der Waals surface area contributed by atoms with Crippen LogP contribution in [0.3, 0.4) is 0 Å². The topological polar surface area (TPSA) is 67.7 Å². The molecule has 0 atom stereocenters. The lowest BCUT2D eigenvalue weighted by Crippen LogP contribution is -2.06. The number of nitrogens with zero attached hydrogens (tertiary/aromatic N) is 4. The number of hydrogen-bond donors (Lipinski definition) is 2. The zero-order valence-corrected chi connectivity index (χ0v) is 14.6. The monoisotopic (exact) mass is 408 g/mol. The van der Waals surface area contributed by atoms with Gasteiger partial charge in [-0.1, -0.05) is 6.92 Å². The van der Waals surface area contributed by atoms with Crippen molar-refractivity contribution in [1.29, 1.82) is 0 Å². The molecule has 0 saturated heterocycles.